The Bertz CT molecular complexity index is 473. The van der Waals surface area contributed by atoms with E-state index in [9.17, 15) is 18.9 Å². The van der Waals surface area contributed by atoms with E-state index >= 15 is 0 Å². The van der Waals surface area contributed by atoms with Gasteiger partial charge in [0, 0.05) is 5.33 Å². The van der Waals surface area contributed by atoms with Crippen molar-refractivity contribution in [1.82, 2.24) is 4.98 Å². The molecule has 0 radical (unpaired) electrons. The Balaban J connectivity index is 3.57. The SMILES string of the molecule is N#Cc1ncc([N+](=O)[O-])c(CBr)c1C(F)F. The number of rotatable bonds is 3. The van der Waals surface area contributed by atoms with Gasteiger partial charge in [-0.3, -0.25) is 10.1 Å². The average molecular weight is 292 g/mol. The Morgan fingerprint density at radius 3 is 2.69 bits per heavy atom. The molecule has 8 heteroatoms. The second kappa shape index (κ2) is 4.94. The predicted octanol–water partition coefficient (Wildman–Crippen LogP) is 2.69. The van der Waals surface area contributed by atoms with Crippen molar-refractivity contribution in [3.05, 3.63) is 33.1 Å². The molecule has 1 aromatic heterocycles. The van der Waals surface area contributed by atoms with E-state index in [4.69, 9.17) is 5.26 Å². The number of hydrogen-bond acceptors (Lipinski definition) is 4. The van der Waals surface area contributed by atoms with Crippen molar-refractivity contribution in [2.45, 2.75) is 11.8 Å². The molecule has 0 fully saturated rings. The molecule has 0 atom stereocenters. The van der Waals surface area contributed by atoms with Crippen LogP contribution in [0.2, 0.25) is 0 Å². The number of aromatic nitrogens is 1. The van der Waals surface area contributed by atoms with Crippen LogP contribution in [0.15, 0.2) is 6.20 Å². The summed E-state index contributed by atoms with van der Waals surface area (Å²) in [5, 5.41) is 19.0. The molecule has 1 aromatic rings. The van der Waals surface area contributed by atoms with E-state index in [1.165, 1.54) is 6.07 Å². The van der Waals surface area contributed by atoms with Gasteiger partial charge in [-0.25, -0.2) is 13.8 Å². The lowest BCUT2D eigenvalue weighted by Crippen LogP contribution is -2.04. The summed E-state index contributed by atoms with van der Waals surface area (Å²) in [4.78, 5) is 13.1. The quantitative estimate of drug-likeness (QED) is 0.487. The fraction of sp³-hybridized carbons (Fsp3) is 0.250. The third-order valence-electron chi connectivity index (χ3n) is 1.86. The molecule has 0 saturated heterocycles. The van der Waals surface area contributed by atoms with Crippen LogP contribution in [0.3, 0.4) is 0 Å². The summed E-state index contributed by atoms with van der Waals surface area (Å²) in [6.07, 6.45) is -2.17. The molecular formula is C8H4BrF2N3O2. The number of nitrogens with zero attached hydrogens (tertiary/aromatic N) is 3. The van der Waals surface area contributed by atoms with Crippen molar-refractivity contribution in [3.8, 4) is 6.07 Å². The summed E-state index contributed by atoms with van der Waals surface area (Å²) in [5.74, 6) is 0. The van der Waals surface area contributed by atoms with Gasteiger partial charge in [0.15, 0.2) is 0 Å². The van der Waals surface area contributed by atoms with E-state index in [1.54, 1.807) is 0 Å². The monoisotopic (exact) mass is 291 g/mol. The Hall–Kier alpha value is -1.62. The van der Waals surface area contributed by atoms with Crippen molar-refractivity contribution in [3.63, 3.8) is 0 Å². The molecule has 16 heavy (non-hydrogen) atoms. The van der Waals surface area contributed by atoms with Crippen molar-refractivity contribution in [1.29, 1.82) is 5.26 Å². The normalized spacial score (nSPS) is 10.2. The molecule has 0 saturated carbocycles. The van der Waals surface area contributed by atoms with Crippen LogP contribution >= 0.6 is 15.9 Å². The molecule has 0 unspecified atom stereocenters. The van der Waals surface area contributed by atoms with Gasteiger partial charge in [0.05, 0.1) is 16.1 Å². The molecule has 0 aliphatic rings. The molecule has 5 nitrogen and oxygen atoms in total. The van der Waals surface area contributed by atoms with Gasteiger partial charge in [0.2, 0.25) is 0 Å². The number of pyridine rings is 1. The van der Waals surface area contributed by atoms with Crippen LogP contribution in [-0.4, -0.2) is 9.91 Å². The highest BCUT2D eigenvalue weighted by Crippen LogP contribution is 2.32. The van der Waals surface area contributed by atoms with E-state index in [0.29, 0.717) is 0 Å². The minimum absolute atomic E-state index is 0.139. The van der Waals surface area contributed by atoms with Crippen LogP contribution in [0, 0.1) is 21.4 Å². The van der Waals surface area contributed by atoms with Gasteiger partial charge in [-0.2, -0.15) is 5.26 Å². The fourth-order valence-corrected chi connectivity index (χ4v) is 1.77. The zero-order valence-corrected chi connectivity index (χ0v) is 9.24. The van der Waals surface area contributed by atoms with E-state index < -0.39 is 28.3 Å². The van der Waals surface area contributed by atoms with Gasteiger partial charge in [-0.1, -0.05) is 15.9 Å². The van der Waals surface area contributed by atoms with E-state index in [2.05, 4.69) is 20.9 Å². The Morgan fingerprint density at radius 1 is 1.69 bits per heavy atom. The van der Waals surface area contributed by atoms with Crippen LogP contribution in [-0.2, 0) is 5.33 Å². The van der Waals surface area contributed by atoms with Crippen LogP contribution in [0.4, 0.5) is 14.5 Å². The number of alkyl halides is 3. The van der Waals surface area contributed by atoms with Crippen molar-refractivity contribution < 1.29 is 13.7 Å². The molecule has 0 N–H and O–H groups in total. The second-order valence-corrected chi connectivity index (χ2v) is 3.25. The molecule has 1 rings (SSSR count). The molecule has 0 amide bonds. The van der Waals surface area contributed by atoms with Gasteiger partial charge in [-0.05, 0) is 0 Å². The summed E-state index contributed by atoms with van der Waals surface area (Å²) in [6.45, 7) is 0. The molecule has 0 aromatic carbocycles. The summed E-state index contributed by atoms with van der Waals surface area (Å²) in [7, 11) is 0. The average Bonchev–Trinajstić information content (AvgIpc) is 2.26. The maximum absolute atomic E-state index is 12.7. The zero-order valence-electron chi connectivity index (χ0n) is 7.65. The highest BCUT2D eigenvalue weighted by Gasteiger charge is 2.26. The highest BCUT2D eigenvalue weighted by atomic mass is 79.9. The summed E-state index contributed by atoms with van der Waals surface area (Å²) in [6, 6.07) is 1.48. The van der Waals surface area contributed by atoms with E-state index in [1.807, 2.05) is 0 Å². The predicted molar refractivity (Wildman–Crippen MR) is 53.2 cm³/mol. The minimum atomic E-state index is -2.98. The summed E-state index contributed by atoms with van der Waals surface area (Å²) < 4.78 is 25.3. The van der Waals surface area contributed by atoms with Crippen LogP contribution in [0.5, 0.6) is 0 Å². The van der Waals surface area contributed by atoms with Crippen molar-refractivity contribution in [2.75, 3.05) is 0 Å². The van der Waals surface area contributed by atoms with Gasteiger partial charge in [-0.15, -0.1) is 0 Å². The van der Waals surface area contributed by atoms with Crippen LogP contribution in [0.1, 0.15) is 23.2 Å². The van der Waals surface area contributed by atoms with Crippen LogP contribution in [0.25, 0.3) is 0 Å². The number of nitriles is 1. The van der Waals surface area contributed by atoms with E-state index in [0.717, 1.165) is 6.20 Å². The molecule has 0 aliphatic heterocycles. The lowest BCUT2D eigenvalue weighted by Gasteiger charge is -2.07. The standard InChI is InChI=1S/C8H4BrF2N3O2/c9-1-4-6(14(15)16)3-13-5(2-12)7(4)8(10)11/h3,8H,1H2. The molecule has 84 valence electrons. The molecular weight excluding hydrogens is 288 g/mol. The first-order valence-electron chi connectivity index (χ1n) is 3.93. The first-order chi connectivity index (χ1) is 7.52. The lowest BCUT2D eigenvalue weighted by atomic mass is 10.1. The zero-order chi connectivity index (χ0) is 12.3. The Labute approximate surface area is 97.0 Å². The largest absolute Gasteiger partial charge is 0.292 e. The third kappa shape index (κ3) is 2.14. The topological polar surface area (TPSA) is 79.8 Å². The fourth-order valence-electron chi connectivity index (χ4n) is 1.18. The van der Waals surface area contributed by atoms with Crippen molar-refractivity contribution in [2.24, 2.45) is 0 Å². The maximum atomic E-state index is 12.7. The highest BCUT2D eigenvalue weighted by molar-refractivity contribution is 9.08. The maximum Gasteiger partial charge on any atom is 0.292 e. The van der Waals surface area contributed by atoms with Gasteiger partial charge < -0.3 is 0 Å². The van der Waals surface area contributed by atoms with Crippen LogP contribution < -0.4 is 0 Å². The lowest BCUT2D eigenvalue weighted by molar-refractivity contribution is -0.385. The smallest absolute Gasteiger partial charge is 0.258 e. The number of halogens is 3. The summed E-state index contributed by atoms with van der Waals surface area (Å²) >= 11 is 2.88. The molecule has 0 aliphatic carbocycles. The number of hydrogen-bond donors (Lipinski definition) is 0. The Morgan fingerprint density at radius 2 is 2.31 bits per heavy atom. The minimum Gasteiger partial charge on any atom is -0.258 e. The third-order valence-corrected chi connectivity index (χ3v) is 2.42. The summed E-state index contributed by atoms with van der Waals surface area (Å²) in [5.41, 5.74) is -1.92. The van der Waals surface area contributed by atoms with Gasteiger partial charge in [0.1, 0.15) is 18.0 Å². The molecule has 0 bridgehead atoms. The second-order valence-electron chi connectivity index (χ2n) is 2.69. The van der Waals surface area contributed by atoms with Gasteiger partial charge >= 0.3 is 0 Å². The van der Waals surface area contributed by atoms with Gasteiger partial charge in [0.25, 0.3) is 12.1 Å². The number of nitro groups is 1. The molecule has 1 heterocycles. The first-order valence-corrected chi connectivity index (χ1v) is 5.05. The van der Waals surface area contributed by atoms with E-state index in [-0.39, 0.29) is 10.9 Å². The molecule has 0 spiro atoms. The Kier molecular flexibility index (Phi) is 3.84. The first kappa shape index (κ1) is 12.4. The van der Waals surface area contributed by atoms with Crippen molar-refractivity contribution >= 4 is 21.6 Å².